The fraction of sp³-hybridized carbons (Fsp3) is 0.263. The molecule has 0 fully saturated rings. The lowest BCUT2D eigenvalue weighted by atomic mass is 10.1. The van der Waals surface area contributed by atoms with E-state index >= 15 is 0 Å². The molecule has 0 aliphatic carbocycles. The summed E-state index contributed by atoms with van der Waals surface area (Å²) in [5.74, 6) is -0.758. The van der Waals surface area contributed by atoms with Crippen molar-refractivity contribution in [2.75, 3.05) is 27.4 Å². The zero-order chi connectivity index (χ0) is 20.5. The quantitative estimate of drug-likeness (QED) is 0.304. The molecule has 28 heavy (non-hydrogen) atoms. The molecule has 1 N–H and O–H groups in total. The minimum atomic E-state index is -0.852. The third kappa shape index (κ3) is 5.19. The van der Waals surface area contributed by atoms with Crippen molar-refractivity contribution in [1.82, 2.24) is 5.32 Å². The van der Waals surface area contributed by atoms with Crippen LogP contribution in [0.2, 0.25) is 0 Å². The zero-order valence-corrected chi connectivity index (χ0v) is 15.5. The fourth-order valence-electron chi connectivity index (χ4n) is 2.39. The van der Waals surface area contributed by atoms with Gasteiger partial charge in [-0.05, 0) is 18.6 Å². The van der Waals surface area contributed by atoms with Gasteiger partial charge in [0, 0.05) is 18.2 Å². The summed E-state index contributed by atoms with van der Waals surface area (Å²) in [5.41, 5.74) is -0.116. The molecular weight excluding hydrogens is 368 g/mol. The average molecular weight is 388 g/mol. The molecule has 0 saturated heterocycles. The van der Waals surface area contributed by atoms with Crippen LogP contribution in [0.5, 0.6) is 11.5 Å². The van der Waals surface area contributed by atoms with E-state index in [0.717, 1.165) is 13.2 Å². The SMILES string of the molecule is COC(=O)c1cc(OCCCNC(=O)c2ccccc2)c(OC)cc1[N+](=O)[O-]. The topological polar surface area (TPSA) is 117 Å². The van der Waals surface area contributed by atoms with E-state index in [-0.39, 0.29) is 29.6 Å². The molecule has 2 aromatic rings. The third-order valence-corrected chi connectivity index (χ3v) is 3.78. The van der Waals surface area contributed by atoms with E-state index in [0.29, 0.717) is 18.5 Å². The maximum atomic E-state index is 11.9. The molecule has 0 unspecified atom stereocenters. The van der Waals surface area contributed by atoms with Gasteiger partial charge >= 0.3 is 5.97 Å². The van der Waals surface area contributed by atoms with E-state index in [4.69, 9.17) is 9.47 Å². The highest BCUT2D eigenvalue weighted by Gasteiger charge is 2.25. The number of hydrogen-bond donors (Lipinski definition) is 1. The number of hydrogen-bond acceptors (Lipinski definition) is 7. The summed E-state index contributed by atoms with van der Waals surface area (Å²) in [7, 11) is 2.47. The predicted molar refractivity (Wildman–Crippen MR) is 99.9 cm³/mol. The van der Waals surface area contributed by atoms with Crippen LogP contribution in [-0.4, -0.2) is 44.2 Å². The van der Waals surface area contributed by atoms with Crippen LogP contribution in [0.15, 0.2) is 42.5 Å². The normalized spacial score (nSPS) is 10.1. The molecule has 0 heterocycles. The molecule has 0 aliphatic heterocycles. The number of ether oxygens (including phenoxy) is 3. The van der Waals surface area contributed by atoms with Crippen LogP contribution in [0.3, 0.4) is 0 Å². The number of nitrogens with one attached hydrogen (secondary N) is 1. The van der Waals surface area contributed by atoms with Gasteiger partial charge < -0.3 is 19.5 Å². The second-order valence-electron chi connectivity index (χ2n) is 5.59. The van der Waals surface area contributed by atoms with Gasteiger partial charge in [0.2, 0.25) is 0 Å². The molecule has 0 atom stereocenters. The smallest absolute Gasteiger partial charge is 0.345 e. The lowest BCUT2D eigenvalue weighted by Crippen LogP contribution is -2.25. The summed E-state index contributed by atoms with van der Waals surface area (Å²) in [5, 5.41) is 13.9. The van der Waals surface area contributed by atoms with Gasteiger partial charge in [0.1, 0.15) is 5.56 Å². The molecule has 9 heteroatoms. The van der Waals surface area contributed by atoms with Crippen molar-refractivity contribution >= 4 is 17.6 Å². The summed E-state index contributed by atoms with van der Waals surface area (Å²) < 4.78 is 15.3. The van der Waals surface area contributed by atoms with Crippen LogP contribution in [0.4, 0.5) is 5.69 Å². The van der Waals surface area contributed by atoms with Gasteiger partial charge in [-0.25, -0.2) is 4.79 Å². The van der Waals surface area contributed by atoms with Crippen LogP contribution in [-0.2, 0) is 4.74 Å². The van der Waals surface area contributed by atoms with Gasteiger partial charge in [0.05, 0.1) is 31.8 Å². The van der Waals surface area contributed by atoms with Crippen LogP contribution >= 0.6 is 0 Å². The highest BCUT2D eigenvalue weighted by atomic mass is 16.6. The second kappa shape index (κ2) is 9.91. The Bertz CT molecular complexity index is 853. The molecule has 2 aromatic carbocycles. The number of rotatable bonds is 9. The predicted octanol–water partition coefficient (Wildman–Crippen LogP) is 2.59. The maximum absolute atomic E-state index is 11.9. The van der Waals surface area contributed by atoms with E-state index in [1.165, 1.54) is 13.2 Å². The minimum Gasteiger partial charge on any atom is -0.493 e. The van der Waals surface area contributed by atoms with Crippen molar-refractivity contribution in [3.8, 4) is 11.5 Å². The molecule has 2 rings (SSSR count). The van der Waals surface area contributed by atoms with E-state index < -0.39 is 16.6 Å². The summed E-state index contributed by atoms with van der Waals surface area (Å²) in [6.45, 7) is 0.566. The first-order chi connectivity index (χ1) is 13.5. The highest BCUT2D eigenvalue weighted by molar-refractivity contribution is 5.95. The summed E-state index contributed by atoms with van der Waals surface area (Å²) >= 11 is 0. The highest BCUT2D eigenvalue weighted by Crippen LogP contribution is 2.35. The van der Waals surface area contributed by atoms with Gasteiger partial charge in [0.25, 0.3) is 11.6 Å². The number of esters is 1. The Morgan fingerprint density at radius 2 is 1.82 bits per heavy atom. The molecule has 0 radical (unpaired) electrons. The molecular formula is C19H20N2O7. The van der Waals surface area contributed by atoms with Crippen molar-refractivity contribution in [1.29, 1.82) is 0 Å². The largest absolute Gasteiger partial charge is 0.493 e. The lowest BCUT2D eigenvalue weighted by Gasteiger charge is -2.12. The maximum Gasteiger partial charge on any atom is 0.345 e. The molecule has 0 aromatic heterocycles. The van der Waals surface area contributed by atoms with Crippen molar-refractivity contribution in [2.45, 2.75) is 6.42 Å². The fourth-order valence-corrected chi connectivity index (χ4v) is 2.39. The molecule has 0 saturated carbocycles. The zero-order valence-electron chi connectivity index (χ0n) is 15.5. The Kier molecular flexibility index (Phi) is 7.32. The molecule has 0 aliphatic rings. The number of nitrogens with zero attached hydrogens (tertiary/aromatic N) is 1. The molecule has 0 bridgehead atoms. The first-order valence-corrected chi connectivity index (χ1v) is 8.38. The van der Waals surface area contributed by atoms with Crippen LogP contribution in [0.25, 0.3) is 0 Å². The summed E-state index contributed by atoms with van der Waals surface area (Å²) in [6.07, 6.45) is 0.478. The Labute approximate surface area is 161 Å². The molecule has 148 valence electrons. The monoisotopic (exact) mass is 388 g/mol. The van der Waals surface area contributed by atoms with Gasteiger partial charge in [-0.15, -0.1) is 0 Å². The molecule has 0 spiro atoms. The first kappa shape index (κ1) is 20.7. The van der Waals surface area contributed by atoms with Crippen molar-refractivity contribution in [2.24, 2.45) is 0 Å². The number of amides is 1. The Morgan fingerprint density at radius 3 is 2.43 bits per heavy atom. The Balaban J connectivity index is 1.98. The van der Waals surface area contributed by atoms with Crippen molar-refractivity contribution < 1.29 is 28.7 Å². The number of nitro benzene ring substituents is 1. The number of methoxy groups -OCH3 is 2. The number of nitro groups is 1. The van der Waals surface area contributed by atoms with Gasteiger partial charge in [-0.2, -0.15) is 0 Å². The number of carbonyl (C=O) groups excluding carboxylic acids is 2. The van der Waals surface area contributed by atoms with Crippen LogP contribution < -0.4 is 14.8 Å². The number of carbonyl (C=O) groups is 2. The Morgan fingerprint density at radius 1 is 1.11 bits per heavy atom. The molecule has 9 nitrogen and oxygen atoms in total. The second-order valence-corrected chi connectivity index (χ2v) is 5.59. The van der Waals surface area contributed by atoms with Gasteiger partial charge in [-0.1, -0.05) is 18.2 Å². The third-order valence-electron chi connectivity index (χ3n) is 3.78. The first-order valence-electron chi connectivity index (χ1n) is 8.38. The molecule has 1 amide bonds. The van der Waals surface area contributed by atoms with Gasteiger partial charge in [0.15, 0.2) is 11.5 Å². The van der Waals surface area contributed by atoms with Crippen LogP contribution in [0, 0.1) is 10.1 Å². The van der Waals surface area contributed by atoms with Gasteiger partial charge in [-0.3, -0.25) is 14.9 Å². The Hall–Kier alpha value is -3.62. The minimum absolute atomic E-state index is 0.118. The van der Waals surface area contributed by atoms with Crippen LogP contribution in [0.1, 0.15) is 27.1 Å². The van der Waals surface area contributed by atoms with E-state index in [9.17, 15) is 19.7 Å². The average Bonchev–Trinajstić information content (AvgIpc) is 2.72. The summed E-state index contributed by atoms with van der Waals surface area (Å²) in [6, 6.07) is 11.1. The van der Waals surface area contributed by atoms with E-state index in [1.807, 2.05) is 6.07 Å². The van der Waals surface area contributed by atoms with Crippen molar-refractivity contribution in [3.63, 3.8) is 0 Å². The van der Waals surface area contributed by atoms with E-state index in [2.05, 4.69) is 10.1 Å². The number of benzene rings is 2. The van der Waals surface area contributed by atoms with Crippen molar-refractivity contribution in [3.05, 3.63) is 63.7 Å². The lowest BCUT2D eigenvalue weighted by molar-refractivity contribution is -0.385. The summed E-state index contributed by atoms with van der Waals surface area (Å²) in [4.78, 5) is 34.2. The standard InChI is InChI=1S/C19H20N2O7/c1-26-16-12-15(21(24)25)14(19(23)27-2)11-17(16)28-10-6-9-20-18(22)13-7-4-3-5-8-13/h3-5,7-8,11-12H,6,9-10H2,1-2H3,(H,20,22). The van der Waals surface area contributed by atoms with E-state index in [1.54, 1.807) is 24.3 Å².